The molecule has 0 bridgehead atoms. The van der Waals surface area contributed by atoms with Gasteiger partial charge in [-0.3, -0.25) is 9.69 Å². The quantitative estimate of drug-likeness (QED) is 0.756. The van der Waals surface area contributed by atoms with Crippen LogP contribution in [0.3, 0.4) is 0 Å². The summed E-state index contributed by atoms with van der Waals surface area (Å²) in [6, 6.07) is 3.87. The summed E-state index contributed by atoms with van der Waals surface area (Å²) in [4.78, 5) is 21.2. The van der Waals surface area contributed by atoms with Gasteiger partial charge in [0.1, 0.15) is 5.76 Å². The highest BCUT2D eigenvalue weighted by atomic mass is 16.5. The van der Waals surface area contributed by atoms with Crippen molar-refractivity contribution in [1.82, 2.24) is 19.9 Å². The summed E-state index contributed by atoms with van der Waals surface area (Å²) in [6.07, 6.45) is 4.39. The average Bonchev–Trinajstić information content (AvgIpc) is 3.26. The summed E-state index contributed by atoms with van der Waals surface area (Å²) in [5.74, 6) is 2.76. The molecule has 142 valence electrons. The molecule has 1 aliphatic rings. The molecule has 1 atom stereocenters. The summed E-state index contributed by atoms with van der Waals surface area (Å²) in [7, 11) is 1.81. The summed E-state index contributed by atoms with van der Waals surface area (Å²) >= 11 is 0. The molecule has 2 aromatic rings. The molecule has 1 aliphatic heterocycles. The van der Waals surface area contributed by atoms with Crippen LogP contribution < -0.4 is 0 Å². The van der Waals surface area contributed by atoms with Gasteiger partial charge in [-0.05, 0) is 37.4 Å². The molecule has 2 aromatic heterocycles. The van der Waals surface area contributed by atoms with E-state index in [0.717, 1.165) is 44.7 Å². The highest BCUT2D eigenvalue weighted by molar-refractivity contribution is 5.78. The van der Waals surface area contributed by atoms with Gasteiger partial charge in [-0.1, -0.05) is 19.0 Å². The van der Waals surface area contributed by atoms with Crippen molar-refractivity contribution >= 4 is 5.91 Å². The fourth-order valence-corrected chi connectivity index (χ4v) is 3.41. The van der Waals surface area contributed by atoms with E-state index in [9.17, 15) is 4.79 Å². The molecule has 1 unspecified atom stereocenters. The first-order valence-corrected chi connectivity index (χ1v) is 9.32. The number of carbonyl (C=O) groups excluding carboxylic acids is 1. The molecule has 0 aromatic carbocycles. The van der Waals surface area contributed by atoms with E-state index in [1.807, 2.05) is 19.2 Å². The van der Waals surface area contributed by atoms with Crippen LogP contribution in [0.5, 0.6) is 0 Å². The van der Waals surface area contributed by atoms with Crippen LogP contribution in [0.1, 0.15) is 44.2 Å². The van der Waals surface area contributed by atoms with Crippen molar-refractivity contribution in [1.29, 1.82) is 0 Å². The molecule has 0 aliphatic carbocycles. The molecule has 0 N–H and O–H groups in total. The Morgan fingerprint density at radius 3 is 3.04 bits per heavy atom. The van der Waals surface area contributed by atoms with Crippen molar-refractivity contribution in [3.8, 4) is 0 Å². The lowest BCUT2D eigenvalue weighted by atomic mass is 9.96. The van der Waals surface area contributed by atoms with Crippen LogP contribution in [0, 0.1) is 11.8 Å². The molecule has 26 heavy (non-hydrogen) atoms. The fraction of sp³-hybridized carbons (Fsp3) is 0.632. The molecule has 3 rings (SSSR count). The van der Waals surface area contributed by atoms with Crippen LogP contribution in [-0.2, 0) is 24.3 Å². The Bertz CT molecular complexity index is 695. The van der Waals surface area contributed by atoms with Crippen LogP contribution in [0.25, 0.3) is 0 Å². The van der Waals surface area contributed by atoms with Gasteiger partial charge in [0.05, 0.1) is 25.3 Å². The number of rotatable bonds is 7. The average molecular weight is 360 g/mol. The smallest absolute Gasteiger partial charge is 0.227 e. The van der Waals surface area contributed by atoms with Gasteiger partial charge in [0.25, 0.3) is 0 Å². The van der Waals surface area contributed by atoms with Crippen molar-refractivity contribution in [3.05, 3.63) is 35.9 Å². The third-order valence-electron chi connectivity index (χ3n) is 4.66. The zero-order valence-corrected chi connectivity index (χ0v) is 15.9. The zero-order valence-electron chi connectivity index (χ0n) is 15.9. The van der Waals surface area contributed by atoms with E-state index in [0.29, 0.717) is 24.2 Å². The molecule has 7 heteroatoms. The standard InChI is InChI=1S/C19H28N4O3/c1-14(2)10-18-20-17(21-26-18)13-22(3)19(24)15-6-4-8-23(11-15)12-16-7-5-9-25-16/h5,7,9,14-15H,4,6,8,10-13H2,1-3H3. The number of amides is 1. The minimum absolute atomic E-state index is 0.00532. The molecule has 0 radical (unpaired) electrons. The number of likely N-dealkylation sites (tertiary alicyclic amines) is 1. The summed E-state index contributed by atoms with van der Waals surface area (Å²) in [5.41, 5.74) is 0. The molecule has 1 amide bonds. The van der Waals surface area contributed by atoms with Gasteiger partial charge < -0.3 is 13.8 Å². The largest absolute Gasteiger partial charge is 0.468 e. The minimum Gasteiger partial charge on any atom is -0.468 e. The van der Waals surface area contributed by atoms with E-state index in [1.165, 1.54) is 0 Å². The maximum absolute atomic E-state index is 12.8. The first-order valence-electron chi connectivity index (χ1n) is 9.32. The maximum atomic E-state index is 12.8. The van der Waals surface area contributed by atoms with Crippen LogP contribution in [0.4, 0.5) is 0 Å². The minimum atomic E-state index is 0.00532. The van der Waals surface area contributed by atoms with Crippen LogP contribution >= 0.6 is 0 Å². The van der Waals surface area contributed by atoms with Gasteiger partial charge in [0.2, 0.25) is 11.8 Å². The van der Waals surface area contributed by atoms with Crippen LogP contribution in [-0.4, -0.2) is 46.0 Å². The topological polar surface area (TPSA) is 75.6 Å². The molecule has 1 fully saturated rings. The number of aromatic nitrogens is 2. The summed E-state index contributed by atoms with van der Waals surface area (Å²) in [5, 5.41) is 4.00. The van der Waals surface area contributed by atoms with E-state index >= 15 is 0 Å². The van der Waals surface area contributed by atoms with E-state index in [-0.39, 0.29) is 11.8 Å². The molecule has 0 spiro atoms. The van der Waals surface area contributed by atoms with E-state index < -0.39 is 0 Å². The van der Waals surface area contributed by atoms with Gasteiger partial charge in [0, 0.05) is 20.0 Å². The van der Waals surface area contributed by atoms with Crippen LogP contribution in [0.2, 0.25) is 0 Å². The second kappa shape index (κ2) is 8.49. The number of nitrogens with zero attached hydrogens (tertiary/aromatic N) is 4. The third kappa shape index (κ3) is 4.94. The first-order chi connectivity index (χ1) is 12.5. The monoisotopic (exact) mass is 360 g/mol. The highest BCUT2D eigenvalue weighted by Gasteiger charge is 2.29. The SMILES string of the molecule is CC(C)Cc1nc(CN(C)C(=O)C2CCCN(Cc3ccco3)C2)no1. The first kappa shape index (κ1) is 18.6. The predicted octanol–water partition coefficient (Wildman–Crippen LogP) is 2.73. The maximum Gasteiger partial charge on any atom is 0.227 e. The Kier molecular flexibility index (Phi) is 6.08. The number of hydrogen-bond donors (Lipinski definition) is 0. The summed E-state index contributed by atoms with van der Waals surface area (Å²) < 4.78 is 10.7. The Hall–Kier alpha value is -2.15. The lowest BCUT2D eigenvalue weighted by Crippen LogP contribution is -2.43. The Morgan fingerprint density at radius 2 is 2.31 bits per heavy atom. The van der Waals surface area contributed by atoms with Crippen molar-refractivity contribution in [3.63, 3.8) is 0 Å². The summed E-state index contributed by atoms with van der Waals surface area (Å²) in [6.45, 7) is 7.11. The zero-order chi connectivity index (χ0) is 18.5. The number of hydrogen-bond acceptors (Lipinski definition) is 6. The second-order valence-corrected chi connectivity index (χ2v) is 7.55. The van der Waals surface area contributed by atoms with Crippen molar-refractivity contribution in [2.75, 3.05) is 20.1 Å². The van der Waals surface area contributed by atoms with Gasteiger partial charge in [-0.2, -0.15) is 4.98 Å². The second-order valence-electron chi connectivity index (χ2n) is 7.55. The van der Waals surface area contributed by atoms with Gasteiger partial charge in [-0.25, -0.2) is 0 Å². The highest BCUT2D eigenvalue weighted by Crippen LogP contribution is 2.21. The van der Waals surface area contributed by atoms with Gasteiger partial charge in [0.15, 0.2) is 5.82 Å². The van der Waals surface area contributed by atoms with Crippen molar-refractivity contribution < 1.29 is 13.7 Å². The fourth-order valence-electron chi connectivity index (χ4n) is 3.41. The Morgan fingerprint density at radius 1 is 1.46 bits per heavy atom. The normalized spacial score (nSPS) is 18.4. The van der Waals surface area contributed by atoms with Crippen LogP contribution in [0.15, 0.2) is 27.3 Å². The van der Waals surface area contributed by atoms with Gasteiger partial charge >= 0.3 is 0 Å². The van der Waals surface area contributed by atoms with Crippen molar-refractivity contribution in [2.45, 2.75) is 46.2 Å². The Labute approximate surface area is 154 Å². The van der Waals surface area contributed by atoms with Crippen molar-refractivity contribution in [2.24, 2.45) is 11.8 Å². The molecule has 7 nitrogen and oxygen atoms in total. The molecule has 1 saturated heterocycles. The predicted molar refractivity (Wildman–Crippen MR) is 96.0 cm³/mol. The Balaban J connectivity index is 1.53. The molecule has 3 heterocycles. The van der Waals surface area contributed by atoms with E-state index in [2.05, 4.69) is 28.9 Å². The molecular weight excluding hydrogens is 332 g/mol. The third-order valence-corrected chi connectivity index (χ3v) is 4.66. The number of carbonyl (C=O) groups is 1. The number of piperidine rings is 1. The lowest BCUT2D eigenvalue weighted by Gasteiger charge is -2.33. The van der Waals surface area contributed by atoms with E-state index in [4.69, 9.17) is 8.94 Å². The number of furan rings is 1. The molecule has 0 saturated carbocycles. The van der Waals surface area contributed by atoms with Gasteiger partial charge in [-0.15, -0.1) is 0 Å². The lowest BCUT2D eigenvalue weighted by molar-refractivity contribution is -0.136. The van der Waals surface area contributed by atoms with E-state index in [1.54, 1.807) is 11.2 Å². The molecular formula is C19H28N4O3.